The van der Waals surface area contributed by atoms with Crippen molar-refractivity contribution in [2.24, 2.45) is 0 Å². The van der Waals surface area contributed by atoms with Crippen LogP contribution < -0.4 is 21.3 Å². The second kappa shape index (κ2) is 14.0. The van der Waals surface area contributed by atoms with E-state index in [1.807, 2.05) is 0 Å². The second-order valence-electron chi connectivity index (χ2n) is 8.76. The van der Waals surface area contributed by atoms with Crippen LogP contribution in [0.1, 0.15) is 56.9 Å². The summed E-state index contributed by atoms with van der Waals surface area (Å²) in [6.45, 7) is 9.88. The van der Waals surface area contributed by atoms with Gasteiger partial charge >= 0.3 is 0 Å². The molecule has 1 aromatic rings. The van der Waals surface area contributed by atoms with Gasteiger partial charge in [-0.15, -0.1) is 0 Å². The largest absolute Gasteiger partial charge is 0.382 e. The van der Waals surface area contributed by atoms with E-state index >= 15 is 0 Å². The summed E-state index contributed by atoms with van der Waals surface area (Å²) in [5.74, 6) is 0. The van der Waals surface area contributed by atoms with Crippen molar-refractivity contribution in [1.29, 1.82) is 0 Å². The fourth-order valence-electron chi connectivity index (χ4n) is 4.45. The van der Waals surface area contributed by atoms with Crippen LogP contribution in [0.2, 0.25) is 0 Å². The van der Waals surface area contributed by atoms with Crippen molar-refractivity contribution in [1.82, 2.24) is 20.9 Å². The zero-order chi connectivity index (χ0) is 20.0. The van der Waals surface area contributed by atoms with E-state index < -0.39 is 0 Å². The van der Waals surface area contributed by atoms with Crippen molar-refractivity contribution in [2.75, 3.05) is 57.7 Å². The predicted octanol–water partition coefficient (Wildman–Crippen LogP) is 3.19. The van der Waals surface area contributed by atoms with Gasteiger partial charge in [0, 0.05) is 44.5 Å². The molecule has 5 nitrogen and oxygen atoms in total. The highest BCUT2D eigenvalue weighted by atomic mass is 15.1. The van der Waals surface area contributed by atoms with Crippen molar-refractivity contribution in [3.8, 4) is 0 Å². The first-order valence-electron chi connectivity index (χ1n) is 12.1. The molecule has 4 N–H and O–H groups in total. The molecule has 29 heavy (non-hydrogen) atoms. The SMILES string of the molecule is c1cc(NC2CCCCCC2)ccc1CN1CCCNCCNCCCNCC1. The van der Waals surface area contributed by atoms with E-state index in [9.17, 15) is 0 Å². The molecule has 0 atom stereocenters. The summed E-state index contributed by atoms with van der Waals surface area (Å²) in [6, 6.07) is 9.89. The van der Waals surface area contributed by atoms with Gasteiger partial charge in [0.1, 0.15) is 0 Å². The third-order valence-electron chi connectivity index (χ3n) is 6.20. The number of benzene rings is 1. The fourth-order valence-corrected chi connectivity index (χ4v) is 4.45. The summed E-state index contributed by atoms with van der Waals surface area (Å²) in [4.78, 5) is 2.60. The molecule has 0 spiro atoms. The molecule has 1 saturated carbocycles. The summed E-state index contributed by atoms with van der Waals surface area (Å²) >= 11 is 0. The summed E-state index contributed by atoms with van der Waals surface area (Å²) in [5, 5.41) is 14.4. The Balaban J connectivity index is 1.46. The summed E-state index contributed by atoms with van der Waals surface area (Å²) in [7, 11) is 0. The van der Waals surface area contributed by atoms with Crippen LogP contribution in [0, 0.1) is 0 Å². The first-order chi connectivity index (χ1) is 14.4. The van der Waals surface area contributed by atoms with Crippen LogP contribution in [0.4, 0.5) is 5.69 Å². The number of nitrogens with zero attached hydrogens (tertiary/aromatic N) is 1. The van der Waals surface area contributed by atoms with Crippen LogP contribution in [0.5, 0.6) is 0 Å². The molecule has 1 aliphatic carbocycles. The molecule has 5 heteroatoms. The van der Waals surface area contributed by atoms with E-state index in [0.29, 0.717) is 6.04 Å². The minimum Gasteiger partial charge on any atom is -0.382 e. The Morgan fingerprint density at radius 3 is 2.07 bits per heavy atom. The van der Waals surface area contributed by atoms with Crippen molar-refractivity contribution in [3.05, 3.63) is 29.8 Å². The van der Waals surface area contributed by atoms with E-state index in [1.165, 1.54) is 62.6 Å². The van der Waals surface area contributed by atoms with Gasteiger partial charge in [0.15, 0.2) is 0 Å². The molecule has 0 bridgehead atoms. The minimum atomic E-state index is 0.667. The normalized spacial score (nSPS) is 22.5. The van der Waals surface area contributed by atoms with Crippen molar-refractivity contribution in [3.63, 3.8) is 0 Å². The Morgan fingerprint density at radius 1 is 0.690 bits per heavy atom. The molecule has 1 aromatic carbocycles. The quantitative estimate of drug-likeness (QED) is 0.584. The van der Waals surface area contributed by atoms with Gasteiger partial charge in [-0.3, -0.25) is 4.90 Å². The zero-order valence-electron chi connectivity index (χ0n) is 18.4. The molecule has 164 valence electrons. The summed E-state index contributed by atoms with van der Waals surface area (Å²) < 4.78 is 0. The number of nitrogens with one attached hydrogen (secondary N) is 4. The molecule has 3 rings (SSSR count). The highest BCUT2D eigenvalue weighted by Crippen LogP contribution is 2.21. The Labute approximate surface area is 178 Å². The molecule has 2 fully saturated rings. The molecular formula is C24H43N5. The van der Waals surface area contributed by atoms with E-state index in [0.717, 1.165) is 58.9 Å². The van der Waals surface area contributed by atoms with E-state index in [2.05, 4.69) is 50.4 Å². The Morgan fingerprint density at radius 2 is 1.34 bits per heavy atom. The van der Waals surface area contributed by atoms with E-state index in [4.69, 9.17) is 0 Å². The van der Waals surface area contributed by atoms with Crippen LogP contribution in [-0.2, 0) is 6.54 Å². The van der Waals surface area contributed by atoms with Gasteiger partial charge in [0.05, 0.1) is 0 Å². The van der Waals surface area contributed by atoms with Gasteiger partial charge in [-0.2, -0.15) is 0 Å². The highest BCUT2D eigenvalue weighted by Gasteiger charge is 2.12. The Kier molecular flexibility index (Phi) is 10.9. The molecule has 1 heterocycles. The molecule has 0 radical (unpaired) electrons. The standard InChI is InChI=1S/C24H43N5/c1-2-4-8-23(7-3-1)28-24-11-9-22(10-12-24)21-29-19-6-15-26-17-16-25-13-5-14-27-18-20-29/h9-12,23,25-28H,1-8,13-21H2. The average molecular weight is 402 g/mol. The lowest BCUT2D eigenvalue weighted by molar-refractivity contribution is 0.260. The van der Waals surface area contributed by atoms with Crippen LogP contribution in [0.25, 0.3) is 0 Å². The molecule has 0 aromatic heterocycles. The van der Waals surface area contributed by atoms with Gasteiger partial charge in [-0.05, 0) is 69.6 Å². The first-order valence-corrected chi connectivity index (χ1v) is 12.1. The fraction of sp³-hybridized carbons (Fsp3) is 0.750. The number of hydrogen-bond acceptors (Lipinski definition) is 5. The lowest BCUT2D eigenvalue weighted by Crippen LogP contribution is -2.36. The molecule has 1 saturated heterocycles. The smallest absolute Gasteiger partial charge is 0.0342 e. The first kappa shape index (κ1) is 22.5. The zero-order valence-corrected chi connectivity index (χ0v) is 18.4. The number of rotatable bonds is 4. The highest BCUT2D eigenvalue weighted by molar-refractivity contribution is 5.45. The van der Waals surface area contributed by atoms with Crippen molar-refractivity contribution in [2.45, 2.75) is 64.0 Å². The van der Waals surface area contributed by atoms with Gasteiger partial charge < -0.3 is 21.3 Å². The molecular weight excluding hydrogens is 358 g/mol. The summed E-state index contributed by atoms with van der Waals surface area (Å²) in [6.07, 6.45) is 10.6. The van der Waals surface area contributed by atoms with Crippen LogP contribution >= 0.6 is 0 Å². The van der Waals surface area contributed by atoms with Gasteiger partial charge in [0.25, 0.3) is 0 Å². The molecule has 0 amide bonds. The second-order valence-corrected chi connectivity index (χ2v) is 8.76. The third-order valence-corrected chi connectivity index (χ3v) is 6.20. The monoisotopic (exact) mass is 401 g/mol. The maximum absolute atomic E-state index is 3.77. The minimum absolute atomic E-state index is 0.667. The predicted molar refractivity (Wildman–Crippen MR) is 125 cm³/mol. The molecule has 2 aliphatic rings. The van der Waals surface area contributed by atoms with E-state index in [1.54, 1.807) is 0 Å². The Hall–Kier alpha value is -1.14. The van der Waals surface area contributed by atoms with Crippen LogP contribution in [0.15, 0.2) is 24.3 Å². The van der Waals surface area contributed by atoms with Crippen molar-refractivity contribution < 1.29 is 0 Å². The number of anilines is 1. The third kappa shape index (κ3) is 9.47. The lowest BCUT2D eigenvalue weighted by Gasteiger charge is -2.24. The topological polar surface area (TPSA) is 51.4 Å². The van der Waals surface area contributed by atoms with Crippen LogP contribution in [0.3, 0.4) is 0 Å². The summed E-state index contributed by atoms with van der Waals surface area (Å²) in [5.41, 5.74) is 2.72. The van der Waals surface area contributed by atoms with Crippen LogP contribution in [-0.4, -0.2) is 63.3 Å². The van der Waals surface area contributed by atoms with Crippen molar-refractivity contribution >= 4 is 5.69 Å². The van der Waals surface area contributed by atoms with Gasteiger partial charge in [-0.25, -0.2) is 0 Å². The Bertz CT molecular complexity index is 511. The number of hydrogen-bond donors (Lipinski definition) is 4. The molecule has 1 aliphatic heterocycles. The average Bonchev–Trinajstić information content (AvgIpc) is 3.01. The maximum atomic E-state index is 3.77. The maximum Gasteiger partial charge on any atom is 0.0342 e. The lowest BCUT2D eigenvalue weighted by atomic mass is 10.1. The van der Waals surface area contributed by atoms with Gasteiger partial charge in [-0.1, -0.05) is 37.8 Å². The molecule has 0 unspecified atom stereocenters. The van der Waals surface area contributed by atoms with Gasteiger partial charge in [0.2, 0.25) is 0 Å². The van der Waals surface area contributed by atoms with E-state index in [-0.39, 0.29) is 0 Å².